The Bertz CT molecular complexity index is 445. The van der Waals surface area contributed by atoms with Crippen molar-refractivity contribution < 1.29 is 9.47 Å². The Morgan fingerprint density at radius 1 is 1.10 bits per heavy atom. The lowest BCUT2D eigenvalue weighted by Gasteiger charge is -2.30. The van der Waals surface area contributed by atoms with Crippen molar-refractivity contribution in [1.29, 1.82) is 0 Å². The van der Waals surface area contributed by atoms with Gasteiger partial charge in [0.05, 0.1) is 13.2 Å². The maximum absolute atomic E-state index is 5.81. The average molecular weight is 275 g/mol. The molecule has 2 unspecified atom stereocenters. The first-order valence-corrected chi connectivity index (χ1v) is 7.99. The topological polar surface area (TPSA) is 30.5 Å². The van der Waals surface area contributed by atoms with Crippen molar-refractivity contribution in [2.75, 3.05) is 19.8 Å². The Morgan fingerprint density at radius 2 is 1.95 bits per heavy atom. The summed E-state index contributed by atoms with van der Waals surface area (Å²) in [5.74, 6) is 2.50. The van der Waals surface area contributed by atoms with E-state index in [0.29, 0.717) is 12.0 Å². The molecule has 2 aliphatic rings. The van der Waals surface area contributed by atoms with E-state index in [1.807, 2.05) is 0 Å². The van der Waals surface area contributed by atoms with Crippen molar-refractivity contribution in [2.24, 2.45) is 0 Å². The van der Waals surface area contributed by atoms with Crippen LogP contribution in [0.15, 0.2) is 18.2 Å². The molecule has 3 nitrogen and oxygen atoms in total. The fourth-order valence-corrected chi connectivity index (χ4v) is 3.40. The predicted octanol–water partition coefficient (Wildman–Crippen LogP) is 3.48. The van der Waals surface area contributed by atoms with Crippen LogP contribution >= 0.6 is 0 Å². The normalized spacial score (nSPS) is 26.1. The first kappa shape index (κ1) is 13.7. The minimum absolute atomic E-state index is 0.657. The summed E-state index contributed by atoms with van der Waals surface area (Å²) in [4.78, 5) is 0. The highest BCUT2D eigenvalue weighted by Crippen LogP contribution is 2.38. The van der Waals surface area contributed by atoms with Crippen LogP contribution < -0.4 is 14.8 Å². The van der Waals surface area contributed by atoms with Crippen LogP contribution in [0.25, 0.3) is 0 Å². The SMILES string of the molecule is CCNC1CCCC(c2ccc3c(c2)OCCCO3)C1. The third-order valence-corrected chi connectivity index (χ3v) is 4.41. The van der Waals surface area contributed by atoms with Crippen molar-refractivity contribution in [3.8, 4) is 11.5 Å². The molecule has 1 N–H and O–H groups in total. The van der Waals surface area contributed by atoms with E-state index in [-0.39, 0.29) is 0 Å². The van der Waals surface area contributed by atoms with Gasteiger partial charge in [-0.15, -0.1) is 0 Å². The predicted molar refractivity (Wildman–Crippen MR) is 80.7 cm³/mol. The van der Waals surface area contributed by atoms with E-state index in [4.69, 9.17) is 9.47 Å². The fourth-order valence-electron chi connectivity index (χ4n) is 3.40. The number of nitrogens with one attached hydrogen (secondary N) is 1. The molecule has 2 atom stereocenters. The number of hydrogen-bond acceptors (Lipinski definition) is 3. The molecule has 1 heterocycles. The molecule has 0 saturated heterocycles. The minimum Gasteiger partial charge on any atom is -0.490 e. The molecule has 1 aliphatic heterocycles. The third-order valence-electron chi connectivity index (χ3n) is 4.41. The second kappa shape index (κ2) is 6.49. The van der Waals surface area contributed by atoms with Crippen LogP contribution in [-0.4, -0.2) is 25.8 Å². The van der Waals surface area contributed by atoms with E-state index in [9.17, 15) is 0 Å². The summed E-state index contributed by atoms with van der Waals surface area (Å²) in [6, 6.07) is 7.20. The Kier molecular flexibility index (Phi) is 4.46. The van der Waals surface area contributed by atoms with E-state index in [2.05, 4.69) is 30.4 Å². The van der Waals surface area contributed by atoms with Crippen molar-refractivity contribution >= 4 is 0 Å². The van der Waals surface area contributed by atoms with Crippen LogP contribution in [0.4, 0.5) is 0 Å². The Labute approximate surface area is 121 Å². The van der Waals surface area contributed by atoms with Gasteiger partial charge in [-0.1, -0.05) is 19.4 Å². The highest BCUT2D eigenvalue weighted by molar-refractivity contribution is 5.44. The number of hydrogen-bond donors (Lipinski definition) is 1. The molecule has 20 heavy (non-hydrogen) atoms. The van der Waals surface area contributed by atoms with Crippen LogP contribution in [-0.2, 0) is 0 Å². The molecule has 3 rings (SSSR count). The van der Waals surface area contributed by atoms with E-state index < -0.39 is 0 Å². The summed E-state index contributed by atoms with van der Waals surface area (Å²) in [5, 5.41) is 3.60. The van der Waals surface area contributed by atoms with Gasteiger partial charge in [-0.2, -0.15) is 0 Å². The highest BCUT2D eigenvalue weighted by Gasteiger charge is 2.23. The molecule has 0 spiro atoms. The zero-order chi connectivity index (χ0) is 13.8. The summed E-state index contributed by atoms with van der Waals surface area (Å²) in [6.07, 6.45) is 6.14. The van der Waals surface area contributed by atoms with Gasteiger partial charge in [0.25, 0.3) is 0 Å². The molecular formula is C17H25NO2. The summed E-state index contributed by atoms with van der Waals surface area (Å²) in [7, 11) is 0. The summed E-state index contributed by atoms with van der Waals surface area (Å²) >= 11 is 0. The van der Waals surface area contributed by atoms with Gasteiger partial charge in [0, 0.05) is 12.5 Å². The molecule has 1 saturated carbocycles. The number of ether oxygens (including phenoxy) is 2. The molecule has 1 aromatic carbocycles. The van der Waals surface area contributed by atoms with Gasteiger partial charge in [0.2, 0.25) is 0 Å². The Morgan fingerprint density at radius 3 is 2.80 bits per heavy atom. The second-order valence-corrected chi connectivity index (χ2v) is 5.87. The van der Waals surface area contributed by atoms with Crippen LogP contribution in [0.1, 0.15) is 50.5 Å². The third kappa shape index (κ3) is 3.09. The lowest BCUT2D eigenvalue weighted by atomic mass is 9.81. The zero-order valence-electron chi connectivity index (χ0n) is 12.4. The summed E-state index contributed by atoms with van der Waals surface area (Å²) < 4.78 is 11.5. The quantitative estimate of drug-likeness (QED) is 0.916. The molecule has 3 heteroatoms. The standard InChI is InChI=1S/C17H25NO2/c1-2-18-15-6-3-5-13(11-15)14-7-8-16-17(12-14)20-10-4-9-19-16/h7-8,12-13,15,18H,2-6,9-11H2,1H3. The molecule has 0 bridgehead atoms. The van der Waals surface area contributed by atoms with Crippen LogP contribution in [0, 0.1) is 0 Å². The number of benzene rings is 1. The van der Waals surface area contributed by atoms with Gasteiger partial charge < -0.3 is 14.8 Å². The largest absolute Gasteiger partial charge is 0.490 e. The molecule has 1 aromatic rings. The molecule has 1 aliphatic carbocycles. The van der Waals surface area contributed by atoms with Crippen LogP contribution in [0.3, 0.4) is 0 Å². The summed E-state index contributed by atoms with van der Waals surface area (Å²) in [5.41, 5.74) is 1.41. The van der Waals surface area contributed by atoms with E-state index in [1.54, 1.807) is 0 Å². The molecule has 110 valence electrons. The van der Waals surface area contributed by atoms with Gasteiger partial charge in [0.1, 0.15) is 0 Å². The van der Waals surface area contributed by atoms with Crippen molar-refractivity contribution in [2.45, 2.75) is 51.0 Å². The van der Waals surface area contributed by atoms with Gasteiger partial charge in [-0.25, -0.2) is 0 Å². The first-order chi connectivity index (χ1) is 9.86. The van der Waals surface area contributed by atoms with Gasteiger partial charge in [-0.3, -0.25) is 0 Å². The average Bonchev–Trinajstić information content (AvgIpc) is 2.72. The minimum atomic E-state index is 0.657. The van der Waals surface area contributed by atoms with Crippen molar-refractivity contribution in [1.82, 2.24) is 5.32 Å². The van der Waals surface area contributed by atoms with E-state index in [1.165, 1.54) is 31.2 Å². The van der Waals surface area contributed by atoms with Gasteiger partial charge in [-0.05, 0) is 49.4 Å². The maximum atomic E-state index is 5.81. The van der Waals surface area contributed by atoms with E-state index in [0.717, 1.165) is 37.7 Å². The number of fused-ring (bicyclic) bond motifs is 1. The molecular weight excluding hydrogens is 250 g/mol. The molecule has 0 amide bonds. The Hall–Kier alpha value is -1.22. The summed E-state index contributed by atoms with van der Waals surface area (Å²) in [6.45, 7) is 4.79. The van der Waals surface area contributed by atoms with Crippen LogP contribution in [0.2, 0.25) is 0 Å². The zero-order valence-corrected chi connectivity index (χ0v) is 12.4. The van der Waals surface area contributed by atoms with Gasteiger partial charge in [0.15, 0.2) is 11.5 Å². The maximum Gasteiger partial charge on any atom is 0.161 e. The lowest BCUT2D eigenvalue weighted by Crippen LogP contribution is -2.33. The second-order valence-electron chi connectivity index (χ2n) is 5.87. The molecule has 0 radical (unpaired) electrons. The molecule has 1 fully saturated rings. The smallest absolute Gasteiger partial charge is 0.161 e. The lowest BCUT2D eigenvalue weighted by molar-refractivity contribution is 0.296. The fraction of sp³-hybridized carbons (Fsp3) is 0.647. The van der Waals surface area contributed by atoms with Crippen molar-refractivity contribution in [3.63, 3.8) is 0 Å². The monoisotopic (exact) mass is 275 g/mol. The number of rotatable bonds is 3. The Balaban J connectivity index is 1.74. The van der Waals surface area contributed by atoms with Crippen LogP contribution in [0.5, 0.6) is 11.5 Å². The molecule has 0 aromatic heterocycles. The highest BCUT2D eigenvalue weighted by atomic mass is 16.5. The van der Waals surface area contributed by atoms with E-state index >= 15 is 0 Å². The first-order valence-electron chi connectivity index (χ1n) is 7.99. The van der Waals surface area contributed by atoms with Gasteiger partial charge >= 0.3 is 0 Å². The van der Waals surface area contributed by atoms with Crippen molar-refractivity contribution in [3.05, 3.63) is 23.8 Å².